The van der Waals surface area contributed by atoms with Crippen molar-refractivity contribution in [3.05, 3.63) is 41.0 Å². The number of carbonyl (C=O) groups excluding carboxylic acids is 1. The van der Waals surface area contributed by atoms with Crippen molar-refractivity contribution in [2.24, 2.45) is 0 Å². The number of amides is 2. The van der Waals surface area contributed by atoms with E-state index in [2.05, 4.69) is 5.32 Å². The lowest BCUT2D eigenvalue weighted by molar-refractivity contribution is 0.207. The van der Waals surface area contributed by atoms with Gasteiger partial charge in [0.05, 0.1) is 0 Å². The number of hydrogen-bond donors (Lipinski definition) is 1. The van der Waals surface area contributed by atoms with Crippen molar-refractivity contribution in [3.63, 3.8) is 0 Å². The monoisotopic (exact) mass is 256 g/mol. The molecule has 1 saturated carbocycles. The summed E-state index contributed by atoms with van der Waals surface area (Å²) in [6.45, 7) is 3.76. The molecule has 19 heavy (non-hydrogen) atoms. The topological polar surface area (TPSA) is 32.3 Å². The van der Waals surface area contributed by atoms with Crippen LogP contribution in [0.4, 0.5) is 10.5 Å². The Morgan fingerprint density at radius 2 is 1.58 bits per heavy atom. The predicted octanol–water partition coefficient (Wildman–Crippen LogP) is 3.71. The smallest absolute Gasteiger partial charge is 0.321 e. The molecule has 3 heteroatoms. The Morgan fingerprint density at radius 1 is 1.00 bits per heavy atom. The Kier molecular flexibility index (Phi) is 3.28. The van der Waals surface area contributed by atoms with Gasteiger partial charge in [0.1, 0.15) is 0 Å². The van der Waals surface area contributed by atoms with Gasteiger partial charge in [-0.15, -0.1) is 0 Å². The van der Waals surface area contributed by atoms with Gasteiger partial charge in [0, 0.05) is 18.8 Å². The third-order valence-electron chi connectivity index (χ3n) is 3.96. The first kappa shape index (κ1) is 12.3. The number of likely N-dealkylation sites (tertiary alicyclic amines) is 1. The zero-order valence-corrected chi connectivity index (χ0v) is 11.4. The quantitative estimate of drug-likeness (QED) is 0.763. The minimum absolute atomic E-state index is 0.0312. The van der Waals surface area contributed by atoms with Gasteiger partial charge in [0.15, 0.2) is 0 Å². The summed E-state index contributed by atoms with van der Waals surface area (Å²) in [6, 6.07) is 7.97. The van der Waals surface area contributed by atoms with Crippen LogP contribution in [0.5, 0.6) is 0 Å². The Balaban J connectivity index is 1.56. The summed E-state index contributed by atoms with van der Waals surface area (Å²) in [5, 5.41) is 2.97. The highest BCUT2D eigenvalue weighted by atomic mass is 16.2. The number of carbonyl (C=O) groups is 1. The molecule has 1 heterocycles. The summed E-state index contributed by atoms with van der Waals surface area (Å²) >= 11 is 0. The van der Waals surface area contributed by atoms with Crippen LogP contribution in [-0.2, 0) is 0 Å². The molecule has 0 spiro atoms. The zero-order chi connectivity index (χ0) is 13.2. The first-order chi connectivity index (χ1) is 9.22. The highest BCUT2D eigenvalue weighted by molar-refractivity contribution is 5.89. The van der Waals surface area contributed by atoms with E-state index in [0.29, 0.717) is 0 Å². The van der Waals surface area contributed by atoms with Crippen LogP contribution < -0.4 is 5.32 Å². The lowest BCUT2D eigenvalue weighted by Gasteiger charge is -2.28. The molecule has 1 aromatic carbocycles. The number of allylic oxidation sites excluding steroid dienone is 1. The summed E-state index contributed by atoms with van der Waals surface area (Å²) in [5.74, 6) is 0. The van der Waals surface area contributed by atoms with E-state index < -0.39 is 0 Å². The van der Waals surface area contributed by atoms with Crippen molar-refractivity contribution >= 4 is 11.7 Å². The second kappa shape index (κ2) is 5.08. The molecule has 0 unspecified atom stereocenters. The molecule has 2 amide bonds. The van der Waals surface area contributed by atoms with Gasteiger partial charge in [-0.25, -0.2) is 4.79 Å². The summed E-state index contributed by atoms with van der Waals surface area (Å²) in [5.41, 5.74) is 5.34. The molecule has 2 fully saturated rings. The molecule has 1 N–H and O–H groups in total. The van der Waals surface area contributed by atoms with Gasteiger partial charge in [-0.1, -0.05) is 28.8 Å². The van der Waals surface area contributed by atoms with E-state index in [1.54, 1.807) is 11.1 Å². The number of anilines is 1. The maximum atomic E-state index is 12.1. The van der Waals surface area contributed by atoms with E-state index in [-0.39, 0.29) is 6.03 Å². The van der Waals surface area contributed by atoms with E-state index in [1.165, 1.54) is 18.4 Å². The van der Waals surface area contributed by atoms with Gasteiger partial charge in [0.2, 0.25) is 0 Å². The van der Waals surface area contributed by atoms with Crippen molar-refractivity contribution in [1.29, 1.82) is 0 Å². The highest BCUT2D eigenvalue weighted by Gasteiger charge is 2.24. The molecular formula is C16H20N2O. The number of benzene rings is 1. The van der Waals surface area contributed by atoms with Gasteiger partial charge >= 0.3 is 6.03 Å². The average Bonchev–Trinajstić information content (AvgIpc) is 3.26. The van der Waals surface area contributed by atoms with Gasteiger partial charge in [-0.2, -0.15) is 0 Å². The molecule has 1 aliphatic carbocycles. The van der Waals surface area contributed by atoms with Crippen molar-refractivity contribution in [2.45, 2.75) is 32.6 Å². The number of nitrogens with one attached hydrogen (secondary N) is 1. The van der Waals surface area contributed by atoms with Gasteiger partial charge in [0.25, 0.3) is 0 Å². The third-order valence-corrected chi connectivity index (χ3v) is 3.96. The van der Waals surface area contributed by atoms with Crippen LogP contribution in [0, 0.1) is 6.92 Å². The fraction of sp³-hybridized carbons (Fsp3) is 0.438. The number of urea groups is 1. The fourth-order valence-corrected chi connectivity index (χ4v) is 2.59. The van der Waals surface area contributed by atoms with Gasteiger partial charge in [-0.3, -0.25) is 0 Å². The molecular weight excluding hydrogens is 236 g/mol. The van der Waals surface area contributed by atoms with Gasteiger partial charge in [-0.05, 0) is 44.7 Å². The van der Waals surface area contributed by atoms with Crippen LogP contribution in [0.2, 0.25) is 0 Å². The van der Waals surface area contributed by atoms with E-state index >= 15 is 0 Å². The number of aryl methyl sites for hydroxylation is 1. The molecule has 1 saturated heterocycles. The third kappa shape index (κ3) is 2.98. The summed E-state index contributed by atoms with van der Waals surface area (Å²) in [7, 11) is 0. The highest BCUT2D eigenvalue weighted by Crippen LogP contribution is 2.36. The summed E-state index contributed by atoms with van der Waals surface area (Å²) in [4.78, 5) is 14.1. The maximum Gasteiger partial charge on any atom is 0.321 e. The summed E-state index contributed by atoms with van der Waals surface area (Å²) in [6.07, 6.45) is 4.73. The second-order valence-electron chi connectivity index (χ2n) is 5.49. The molecule has 2 aliphatic rings. The zero-order valence-electron chi connectivity index (χ0n) is 11.4. The SMILES string of the molecule is Cc1ccc(NC(=O)N2CCC(=C3CC3)CC2)cc1. The molecule has 0 aromatic heterocycles. The van der Waals surface area contributed by atoms with Crippen LogP contribution in [0.25, 0.3) is 0 Å². The van der Waals surface area contributed by atoms with E-state index in [9.17, 15) is 4.79 Å². The molecule has 0 atom stereocenters. The minimum Gasteiger partial charge on any atom is -0.324 e. The maximum absolute atomic E-state index is 12.1. The van der Waals surface area contributed by atoms with Crippen LogP contribution in [0.15, 0.2) is 35.4 Å². The number of piperidine rings is 1. The first-order valence-electron chi connectivity index (χ1n) is 7.05. The van der Waals surface area contributed by atoms with Crippen LogP contribution in [-0.4, -0.2) is 24.0 Å². The molecule has 3 nitrogen and oxygen atoms in total. The largest absolute Gasteiger partial charge is 0.324 e. The van der Waals surface area contributed by atoms with E-state index in [0.717, 1.165) is 31.6 Å². The first-order valence-corrected chi connectivity index (χ1v) is 7.05. The lowest BCUT2D eigenvalue weighted by Crippen LogP contribution is -2.39. The van der Waals surface area contributed by atoms with Crippen molar-refractivity contribution in [3.8, 4) is 0 Å². The number of nitrogens with zero attached hydrogens (tertiary/aromatic N) is 1. The molecule has 1 aromatic rings. The van der Waals surface area contributed by atoms with E-state index in [4.69, 9.17) is 0 Å². The Labute approximate surface area is 114 Å². The normalized spacial score (nSPS) is 18.5. The molecule has 1 aliphatic heterocycles. The minimum atomic E-state index is 0.0312. The number of rotatable bonds is 1. The summed E-state index contributed by atoms with van der Waals surface area (Å²) < 4.78 is 0. The predicted molar refractivity (Wildman–Crippen MR) is 77.3 cm³/mol. The second-order valence-corrected chi connectivity index (χ2v) is 5.49. The number of hydrogen-bond acceptors (Lipinski definition) is 1. The Morgan fingerprint density at radius 3 is 2.16 bits per heavy atom. The van der Waals surface area contributed by atoms with Crippen LogP contribution in [0.3, 0.4) is 0 Å². The molecule has 3 rings (SSSR count). The van der Waals surface area contributed by atoms with Crippen molar-refractivity contribution in [2.75, 3.05) is 18.4 Å². The van der Waals surface area contributed by atoms with Crippen LogP contribution in [0.1, 0.15) is 31.2 Å². The average molecular weight is 256 g/mol. The van der Waals surface area contributed by atoms with Gasteiger partial charge < -0.3 is 10.2 Å². The standard InChI is InChI=1S/C16H20N2O/c1-12-2-6-15(7-3-12)17-16(19)18-10-8-14(9-11-18)13-4-5-13/h2-3,6-7H,4-5,8-11H2,1H3,(H,17,19). The molecule has 100 valence electrons. The van der Waals surface area contributed by atoms with E-state index in [1.807, 2.05) is 36.1 Å². The lowest BCUT2D eigenvalue weighted by atomic mass is 10.0. The van der Waals surface area contributed by atoms with Crippen molar-refractivity contribution in [1.82, 2.24) is 4.90 Å². The molecule has 0 radical (unpaired) electrons. The fourth-order valence-electron chi connectivity index (χ4n) is 2.59. The molecule has 0 bridgehead atoms. The Hall–Kier alpha value is -1.77. The Bertz CT molecular complexity index is 500. The van der Waals surface area contributed by atoms with Crippen LogP contribution >= 0.6 is 0 Å². The van der Waals surface area contributed by atoms with Crippen molar-refractivity contribution < 1.29 is 4.79 Å².